The topological polar surface area (TPSA) is 59.8 Å². The average Bonchev–Trinajstić information content (AvgIpc) is 3.20. The highest BCUT2D eigenvalue weighted by atomic mass is 32.2. The third-order valence-electron chi connectivity index (χ3n) is 4.19. The van der Waals surface area contributed by atoms with Gasteiger partial charge in [-0.3, -0.25) is 4.79 Å². The number of benzene rings is 1. The molecule has 0 aliphatic heterocycles. The van der Waals surface area contributed by atoms with Crippen molar-refractivity contribution in [3.05, 3.63) is 63.1 Å². The molecule has 2 heterocycles. The summed E-state index contributed by atoms with van der Waals surface area (Å²) in [7, 11) is 1.94. The maximum Gasteiger partial charge on any atom is 0.261 e. The number of nitrogens with one attached hydrogen (secondary N) is 1. The van der Waals surface area contributed by atoms with Gasteiger partial charge in [0.1, 0.15) is 0 Å². The zero-order chi connectivity index (χ0) is 18.7. The van der Waals surface area contributed by atoms with Gasteiger partial charge in [-0.05, 0) is 44.0 Å². The number of carbonyl (C=O) groups is 1. The minimum absolute atomic E-state index is 0.0762. The second-order valence-electron chi connectivity index (χ2n) is 6.22. The molecule has 0 saturated carbocycles. The first kappa shape index (κ1) is 18.7. The molecular formula is C19H22N4OS2. The summed E-state index contributed by atoms with van der Waals surface area (Å²) in [6.07, 6.45) is 0. The molecule has 0 aliphatic rings. The Morgan fingerprint density at radius 1 is 1.23 bits per heavy atom. The van der Waals surface area contributed by atoms with Crippen molar-refractivity contribution >= 4 is 29.0 Å². The van der Waals surface area contributed by atoms with Crippen molar-refractivity contribution in [2.24, 2.45) is 7.05 Å². The fourth-order valence-electron chi connectivity index (χ4n) is 2.63. The lowest BCUT2D eigenvalue weighted by Gasteiger charge is -2.13. The van der Waals surface area contributed by atoms with Crippen LogP contribution >= 0.6 is 23.1 Å². The van der Waals surface area contributed by atoms with Crippen molar-refractivity contribution in [1.82, 2.24) is 20.1 Å². The molecule has 0 fully saturated rings. The van der Waals surface area contributed by atoms with Crippen LogP contribution < -0.4 is 5.32 Å². The van der Waals surface area contributed by atoms with Crippen LogP contribution in [0.4, 0.5) is 0 Å². The lowest BCUT2D eigenvalue weighted by molar-refractivity contribution is 0.0942. The molecule has 26 heavy (non-hydrogen) atoms. The molecule has 2 aromatic heterocycles. The van der Waals surface area contributed by atoms with Gasteiger partial charge in [-0.2, -0.15) is 0 Å². The van der Waals surface area contributed by atoms with Gasteiger partial charge in [-0.15, -0.1) is 21.5 Å². The number of amides is 1. The van der Waals surface area contributed by atoms with Gasteiger partial charge in [0.25, 0.3) is 5.91 Å². The molecule has 136 valence electrons. The molecule has 0 aliphatic carbocycles. The Hall–Kier alpha value is -2.12. The first-order valence-corrected chi connectivity index (χ1v) is 10.2. The van der Waals surface area contributed by atoms with E-state index in [1.54, 1.807) is 11.8 Å². The van der Waals surface area contributed by atoms with Crippen molar-refractivity contribution in [2.45, 2.75) is 37.7 Å². The summed E-state index contributed by atoms with van der Waals surface area (Å²) < 4.78 is 1.95. The third kappa shape index (κ3) is 4.16. The van der Waals surface area contributed by atoms with Crippen LogP contribution in [0.3, 0.4) is 0 Å². The minimum Gasteiger partial charge on any atom is -0.342 e. The molecule has 3 rings (SSSR count). The van der Waals surface area contributed by atoms with E-state index in [9.17, 15) is 4.79 Å². The van der Waals surface area contributed by atoms with E-state index in [1.165, 1.54) is 22.5 Å². The minimum atomic E-state index is -0.213. The quantitative estimate of drug-likeness (QED) is 0.643. The molecule has 1 atom stereocenters. The highest BCUT2D eigenvalue weighted by Crippen LogP contribution is 2.24. The smallest absolute Gasteiger partial charge is 0.261 e. The van der Waals surface area contributed by atoms with Crippen LogP contribution in [0.15, 0.2) is 41.6 Å². The number of thiophene rings is 1. The molecule has 0 bridgehead atoms. The van der Waals surface area contributed by atoms with Crippen molar-refractivity contribution in [1.29, 1.82) is 0 Å². The maximum atomic E-state index is 12.3. The number of aromatic nitrogens is 3. The predicted molar refractivity (Wildman–Crippen MR) is 107 cm³/mol. The number of nitrogens with zero attached hydrogens (tertiary/aromatic N) is 3. The maximum absolute atomic E-state index is 12.3. The molecule has 0 saturated heterocycles. The molecule has 1 amide bonds. The van der Waals surface area contributed by atoms with Gasteiger partial charge < -0.3 is 9.88 Å². The highest BCUT2D eigenvalue weighted by molar-refractivity contribution is 7.98. The van der Waals surface area contributed by atoms with Gasteiger partial charge in [0.2, 0.25) is 0 Å². The number of aryl methyl sites for hydroxylation is 2. The molecule has 0 unspecified atom stereocenters. The van der Waals surface area contributed by atoms with E-state index in [0.29, 0.717) is 4.88 Å². The molecule has 7 heteroatoms. The zero-order valence-electron chi connectivity index (χ0n) is 15.3. The van der Waals surface area contributed by atoms with Gasteiger partial charge in [-0.25, -0.2) is 0 Å². The van der Waals surface area contributed by atoms with E-state index in [-0.39, 0.29) is 11.9 Å². The predicted octanol–water partition coefficient (Wildman–Crippen LogP) is 4.28. The van der Waals surface area contributed by atoms with Crippen LogP contribution in [0.2, 0.25) is 0 Å². The SMILES string of the molecule is Cc1ccc(C(=O)N[C@@H](C)c2nnc(SCc3ccccc3C)n2C)s1. The number of rotatable bonds is 6. The summed E-state index contributed by atoms with van der Waals surface area (Å²) in [6.45, 7) is 6.03. The van der Waals surface area contributed by atoms with E-state index in [1.807, 2.05) is 43.7 Å². The summed E-state index contributed by atoms with van der Waals surface area (Å²) >= 11 is 3.14. The fraction of sp³-hybridized carbons (Fsp3) is 0.316. The molecule has 3 aromatic rings. The van der Waals surface area contributed by atoms with E-state index in [2.05, 4.69) is 40.6 Å². The third-order valence-corrected chi connectivity index (χ3v) is 6.25. The van der Waals surface area contributed by atoms with Crippen molar-refractivity contribution in [2.75, 3.05) is 0 Å². The van der Waals surface area contributed by atoms with Crippen LogP contribution in [-0.4, -0.2) is 20.7 Å². The fourth-order valence-corrected chi connectivity index (χ4v) is 4.40. The Kier molecular flexibility index (Phi) is 5.78. The lowest BCUT2D eigenvalue weighted by Crippen LogP contribution is -2.27. The van der Waals surface area contributed by atoms with E-state index in [4.69, 9.17) is 0 Å². The van der Waals surface area contributed by atoms with Gasteiger partial charge >= 0.3 is 0 Å². The summed E-state index contributed by atoms with van der Waals surface area (Å²) in [5.41, 5.74) is 2.56. The van der Waals surface area contributed by atoms with Crippen molar-refractivity contribution < 1.29 is 4.79 Å². The summed E-state index contributed by atoms with van der Waals surface area (Å²) in [5.74, 6) is 1.51. The lowest BCUT2D eigenvalue weighted by atomic mass is 10.1. The summed E-state index contributed by atoms with van der Waals surface area (Å²) in [4.78, 5) is 14.2. The second kappa shape index (κ2) is 8.05. The zero-order valence-corrected chi connectivity index (χ0v) is 16.9. The summed E-state index contributed by atoms with van der Waals surface area (Å²) in [5, 5.41) is 12.4. The van der Waals surface area contributed by atoms with Gasteiger partial charge in [-0.1, -0.05) is 36.0 Å². The molecule has 0 radical (unpaired) electrons. The molecule has 0 spiro atoms. The molecule has 1 aromatic carbocycles. The largest absolute Gasteiger partial charge is 0.342 e. The van der Waals surface area contributed by atoms with Crippen LogP contribution in [0.25, 0.3) is 0 Å². The first-order chi connectivity index (χ1) is 12.5. The van der Waals surface area contributed by atoms with Crippen LogP contribution in [-0.2, 0) is 12.8 Å². The normalized spacial score (nSPS) is 12.2. The van der Waals surface area contributed by atoms with Crippen molar-refractivity contribution in [3.8, 4) is 0 Å². The van der Waals surface area contributed by atoms with Crippen LogP contribution in [0.5, 0.6) is 0 Å². The number of thioether (sulfide) groups is 1. The standard InChI is InChI=1S/C19H22N4OS2/c1-12-7-5-6-8-15(12)11-25-19-22-21-17(23(19)4)14(3)20-18(24)16-10-9-13(2)26-16/h5-10,14H,11H2,1-4H3,(H,20,24)/t14-/m0/s1. The van der Waals surface area contributed by atoms with Gasteiger partial charge in [0.05, 0.1) is 10.9 Å². The highest BCUT2D eigenvalue weighted by Gasteiger charge is 2.19. The van der Waals surface area contributed by atoms with E-state index < -0.39 is 0 Å². The Morgan fingerprint density at radius 2 is 2.00 bits per heavy atom. The average molecular weight is 387 g/mol. The van der Waals surface area contributed by atoms with Crippen molar-refractivity contribution in [3.63, 3.8) is 0 Å². The number of carbonyl (C=O) groups excluding carboxylic acids is 1. The van der Waals surface area contributed by atoms with E-state index >= 15 is 0 Å². The Bertz CT molecular complexity index is 916. The Balaban J connectivity index is 1.66. The Labute approximate surface area is 161 Å². The summed E-state index contributed by atoms with van der Waals surface area (Å²) in [6, 6.07) is 11.9. The van der Waals surface area contributed by atoms with Gasteiger partial charge in [0.15, 0.2) is 11.0 Å². The molecule has 5 nitrogen and oxygen atoms in total. The molecular weight excluding hydrogens is 364 g/mol. The monoisotopic (exact) mass is 386 g/mol. The number of hydrogen-bond donors (Lipinski definition) is 1. The number of hydrogen-bond acceptors (Lipinski definition) is 5. The first-order valence-electron chi connectivity index (χ1n) is 8.39. The van der Waals surface area contributed by atoms with Crippen LogP contribution in [0.1, 0.15) is 44.5 Å². The second-order valence-corrected chi connectivity index (χ2v) is 8.45. The van der Waals surface area contributed by atoms with Gasteiger partial charge in [0, 0.05) is 17.7 Å². The Morgan fingerprint density at radius 3 is 2.69 bits per heavy atom. The van der Waals surface area contributed by atoms with Crippen LogP contribution in [0, 0.1) is 13.8 Å². The molecule has 1 N–H and O–H groups in total. The van der Waals surface area contributed by atoms with E-state index in [0.717, 1.165) is 21.6 Å².